The van der Waals surface area contributed by atoms with Crippen molar-refractivity contribution < 1.29 is 0 Å². The molecule has 1 fully saturated rings. The maximum atomic E-state index is 5.97. The smallest absolute Gasteiger partial charge is 0.0641 e. The van der Waals surface area contributed by atoms with Gasteiger partial charge in [-0.15, -0.1) is 0 Å². The summed E-state index contributed by atoms with van der Waals surface area (Å²) in [5.74, 6) is 0. The molecule has 102 valence electrons. The van der Waals surface area contributed by atoms with Gasteiger partial charge in [-0.2, -0.15) is 5.10 Å². The van der Waals surface area contributed by atoms with Gasteiger partial charge in [0, 0.05) is 36.9 Å². The van der Waals surface area contributed by atoms with Crippen molar-refractivity contribution in [2.24, 2.45) is 12.8 Å². The lowest BCUT2D eigenvalue weighted by Crippen LogP contribution is -2.38. The van der Waals surface area contributed by atoms with Gasteiger partial charge < -0.3 is 5.73 Å². The number of rotatable bonds is 3. The van der Waals surface area contributed by atoms with Crippen LogP contribution in [0.2, 0.25) is 0 Å². The highest BCUT2D eigenvalue weighted by atomic mass is 15.3. The summed E-state index contributed by atoms with van der Waals surface area (Å²) in [6.07, 6.45) is 4.80. The van der Waals surface area contributed by atoms with E-state index < -0.39 is 0 Å². The Labute approximate surface area is 110 Å². The van der Waals surface area contributed by atoms with Gasteiger partial charge in [0.1, 0.15) is 0 Å². The first-order valence-electron chi connectivity index (χ1n) is 6.94. The number of hydrogen-bond acceptors (Lipinski definition) is 3. The van der Waals surface area contributed by atoms with Crippen LogP contribution in [0.4, 0.5) is 0 Å². The molecule has 0 aromatic carbocycles. The molecule has 0 spiro atoms. The van der Waals surface area contributed by atoms with Crippen LogP contribution in [-0.4, -0.2) is 33.8 Å². The lowest BCUT2D eigenvalue weighted by molar-refractivity contribution is 0.175. The van der Waals surface area contributed by atoms with Gasteiger partial charge >= 0.3 is 0 Å². The Bertz CT molecular complexity index is 402. The van der Waals surface area contributed by atoms with Gasteiger partial charge in [0.15, 0.2) is 0 Å². The van der Waals surface area contributed by atoms with E-state index in [4.69, 9.17) is 5.73 Å². The topological polar surface area (TPSA) is 47.1 Å². The molecule has 0 atom stereocenters. The third-order valence-corrected chi connectivity index (χ3v) is 4.43. The molecule has 1 aliphatic carbocycles. The number of aryl methyl sites for hydroxylation is 2. The molecule has 0 saturated heterocycles. The Hall–Kier alpha value is -0.870. The molecule has 0 unspecified atom stereocenters. The van der Waals surface area contributed by atoms with Crippen molar-refractivity contribution in [3.8, 4) is 0 Å². The van der Waals surface area contributed by atoms with Crippen LogP contribution in [0.5, 0.6) is 0 Å². The second-order valence-corrected chi connectivity index (χ2v) is 5.76. The SMILES string of the molecule is Cc1nn(C)c(C)c1CN(C)C1CCC(N)CC1. The largest absolute Gasteiger partial charge is 0.328 e. The standard InChI is InChI=1S/C14H26N4/c1-10-14(11(2)18(4)16-10)9-17(3)13-7-5-12(15)6-8-13/h12-13H,5-9,15H2,1-4H3. The molecule has 2 N–H and O–H groups in total. The molecule has 1 aromatic heterocycles. The average molecular weight is 250 g/mol. The number of aromatic nitrogens is 2. The number of hydrogen-bond donors (Lipinski definition) is 1. The zero-order valence-corrected chi connectivity index (χ0v) is 12.1. The fraction of sp³-hybridized carbons (Fsp3) is 0.786. The monoisotopic (exact) mass is 250 g/mol. The quantitative estimate of drug-likeness (QED) is 0.889. The molecule has 1 saturated carbocycles. The van der Waals surface area contributed by atoms with Crippen molar-refractivity contribution in [3.63, 3.8) is 0 Å². The minimum atomic E-state index is 0.427. The summed E-state index contributed by atoms with van der Waals surface area (Å²) >= 11 is 0. The van der Waals surface area contributed by atoms with Crippen LogP contribution in [0.15, 0.2) is 0 Å². The summed E-state index contributed by atoms with van der Waals surface area (Å²) in [6.45, 7) is 5.26. The van der Waals surface area contributed by atoms with Crippen molar-refractivity contribution in [2.75, 3.05) is 7.05 Å². The zero-order valence-electron chi connectivity index (χ0n) is 12.1. The minimum absolute atomic E-state index is 0.427. The summed E-state index contributed by atoms with van der Waals surface area (Å²) in [5.41, 5.74) is 9.80. The van der Waals surface area contributed by atoms with E-state index in [0.29, 0.717) is 12.1 Å². The molecule has 4 nitrogen and oxygen atoms in total. The lowest BCUT2D eigenvalue weighted by Gasteiger charge is -2.33. The van der Waals surface area contributed by atoms with Crippen molar-refractivity contribution in [3.05, 3.63) is 17.0 Å². The van der Waals surface area contributed by atoms with Crippen molar-refractivity contribution in [2.45, 2.75) is 58.2 Å². The van der Waals surface area contributed by atoms with E-state index in [1.807, 2.05) is 11.7 Å². The highest BCUT2D eigenvalue weighted by Gasteiger charge is 2.23. The van der Waals surface area contributed by atoms with Gasteiger partial charge in [0.25, 0.3) is 0 Å². The van der Waals surface area contributed by atoms with Crippen LogP contribution >= 0.6 is 0 Å². The second-order valence-electron chi connectivity index (χ2n) is 5.76. The molecular formula is C14H26N4. The van der Waals surface area contributed by atoms with Crippen LogP contribution < -0.4 is 5.73 Å². The Morgan fingerprint density at radius 2 is 1.89 bits per heavy atom. The highest BCUT2D eigenvalue weighted by molar-refractivity contribution is 5.24. The van der Waals surface area contributed by atoms with Crippen molar-refractivity contribution >= 4 is 0 Å². The van der Waals surface area contributed by atoms with Gasteiger partial charge in [-0.25, -0.2) is 0 Å². The molecule has 0 amide bonds. The summed E-state index contributed by atoms with van der Waals surface area (Å²) < 4.78 is 1.98. The first kappa shape index (κ1) is 13.6. The highest BCUT2D eigenvalue weighted by Crippen LogP contribution is 2.23. The Morgan fingerprint density at radius 1 is 1.28 bits per heavy atom. The molecule has 4 heteroatoms. The summed E-state index contributed by atoms with van der Waals surface area (Å²) in [5, 5.41) is 4.49. The Morgan fingerprint density at radius 3 is 2.39 bits per heavy atom. The molecule has 1 heterocycles. The Kier molecular flexibility index (Phi) is 4.07. The third-order valence-electron chi connectivity index (χ3n) is 4.43. The van der Waals surface area contributed by atoms with Crippen LogP contribution in [0.3, 0.4) is 0 Å². The summed E-state index contributed by atoms with van der Waals surface area (Å²) in [7, 11) is 4.25. The lowest BCUT2D eigenvalue weighted by atomic mass is 9.91. The van der Waals surface area contributed by atoms with E-state index in [0.717, 1.165) is 12.2 Å². The van der Waals surface area contributed by atoms with Crippen LogP contribution in [0.1, 0.15) is 42.6 Å². The van der Waals surface area contributed by atoms with Crippen LogP contribution in [0.25, 0.3) is 0 Å². The van der Waals surface area contributed by atoms with Gasteiger partial charge in [0.2, 0.25) is 0 Å². The van der Waals surface area contributed by atoms with Crippen molar-refractivity contribution in [1.82, 2.24) is 14.7 Å². The predicted molar refractivity (Wildman–Crippen MR) is 74.4 cm³/mol. The van der Waals surface area contributed by atoms with Crippen LogP contribution in [0, 0.1) is 13.8 Å². The Balaban J connectivity index is 2.00. The molecule has 0 aliphatic heterocycles. The van der Waals surface area contributed by atoms with E-state index >= 15 is 0 Å². The van der Waals surface area contributed by atoms with E-state index in [-0.39, 0.29) is 0 Å². The van der Waals surface area contributed by atoms with Gasteiger partial charge in [-0.3, -0.25) is 9.58 Å². The summed E-state index contributed by atoms with van der Waals surface area (Å²) in [6, 6.07) is 1.11. The second kappa shape index (κ2) is 5.41. The van der Waals surface area contributed by atoms with E-state index in [2.05, 4.69) is 30.9 Å². The minimum Gasteiger partial charge on any atom is -0.328 e. The maximum Gasteiger partial charge on any atom is 0.0641 e. The molecule has 0 radical (unpaired) electrons. The van der Waals surface area contributed by atoms with E-state index in [1.165, 1.54) is 36.9 Å². The molecule has 2 rings (SSSR count). The fourth-order valence-corrected chi connectivity index (χ4v) is 2.97. The van der Waals surface area contributed by atoms with E-state index in [9.17, 15) is 0 Å². The molecule has 1 aliphatic rings. The maximum absolute atomic E-state index is 5.97. The number of nitrogens with zero attached hydrogens (tertiary/aromatic N) is 3. The van der Waals surface area contributed by atoms with E-state index in [1.54, 1.807) is 0 Å². The molecule has 0 bridgehead atoms. The summed E-state index contributed by atoms with van der Waals surface area (Å²) in [4.78, 5) is 2.48. The third kappa shape index (κ3) is 2.75. The first-order chi connectivity index (χ1) is 8.49. The molecular weight excluding hydrogens is 224 g/mol. The van der Waals surface area contributed by atoms with Gasteiger partial charge in [-0.1, -0.05) is 0 Å². The van der Waals surface area contributed by atoms with Gasteiger partial charge in [-0.05, 0) is 46.6 Å². The zero-order chi connectivity index (χ0) is 13.3. The first-order valence-corrected chi connectivity index (χ1v) is 6.94. The average Bonchev–Trinajstić information content (AvgIpc) is 2.57. The number of nitrogens with two attached hydrogens (primary N) is 1. The molecule has 1 aromatic rings. The fourth-order valence-electron chi connectivity index (χ4n) is 2.97. The molecule has 18 heavy (non-hydrogen) atoms. The normalized spacial score (nSPS) is 24.8. The van der Waals surface area contributed by atoms with Crippen LogP contribution in [-0.2, 0) is 13.6 Å². The predicted octanol–water partition coefficient (Wildman–Crippen LogP) is 1.74. The van der Waals surface area contributed by atoms with Gasteiger partial charge in [0.05, 0.1) is 5.69 Å². The van der Waals surface area contributed by atoms with Crippen molar-refractivity contribution in [1.29, 1.82) is 0 Å².